The Morgan fingerprint density at radius 2 is 1.77 bits per heavy atom. The molecule has 2 aromatic carbocycles. The van der Waals surface area contributed by atoms with Crippen molar-refractivity contribution in [3.63, 3.8) is 0 Å². The molecule has 0 aliphatic rings. The number of phenols is 1. The number of methoxy groups -OCH3 is 2. The average molecular weight is 300 g/mol. The Morgan fingerprint density at radius 1 is 1.14 bits per heavy atom. The minimum absolute atomic E-state index is 0.0866. The van der Waals surface area contributed by atoms with Gasteiger partial charge in [0.05, 0.1) is 20.4 Å². The van der Waals surface area contributed by atoms with E-state index in [2.05, 4.69) is 10.5 Å². The van der Waals surface area contributed by atoms with Crippen molar-refractivity contribution < 1.29 is 19.4 Å². The number of rotatable bonds is 5. The minimum atomic E-state index is -0.413. The van der Waals surface area contributed by atoms with Crippen LogP contribution in [0.3, 0.4) is 0 Å². The van der Waals surface area contributed by atoms with E-state index in [1.165, 1.54) is 26.5 Å². The van der Waals surface area contributed by atoms with Gasteiger partial charge in [0.15, 0.2) is 0 Å². The van der Waals surface area contributed by atoms with E-state index < -0.39 is 5.91 Å². The molecule has 0 aliphatic heterocycles. The summed E-state index contributed by atoms with van der Waals surface area (Å²) in [6.07, 6.45) is 1.37. The molecule has 0 atom stereocenters. The van der Waals surface area contributed by atoms with Gasteiger partial charge < -0.3 is 14.6 Å². The molecule has 0 radical (unpaired) electrons. The lowest BCUT2D eigenvalue weighted by molar-refractivity contribution is 0.0954. The van der Waals surface area contributed by atoms with Crippen molar-refractivity contribution in [1.29, 1.82) is 0 Å². The van der Waals surface area contributed by atoms with Gasteiger partial charge in [-0.15, -0.1) is 0 Å². The standard InChI is InChI=1S/C16H16N2O4/c1-21-13-7-12(8-14(9-13)22-2)16(20)18-17-10-11-5-3-4-6-15(11)19/h3-10,19H,1-2H3,(H,18,20)/b17-10-. The van der Waals surface area contributed by atoms with Gasteiger partial charge in [0.2, 0.25) is 0 Å². The van der Waals surface area contributed by atoms with Crippen LogP contribution in [0.2, 0.25) is 0 Å². The van der Waals surface area contributed by atoms with E-state index in [0.29, 0.717) is 22.6 Å². The van der Waals surface area contributed by atoms with Gasteiger partial charge in [0.1, 0.15) is 17.2 Å². The SMILES string of the molecule is COc1cc(OC)cc(C(=O)N/N=C\c2ccccc2O)c1. The number of phenolic OH excluding ortho intramolecular Hbond substituents is 1. The summed E-state index contributed by atoms with van der Waals surface area (Å²) in [5, 5.41) is 13.4. The summed E-state index contributed by atoms with van der Waals surface area (Å²) in [4.78, 5) is 12.1. The number of hydrazone groups is 1. The molecule has 0 fully saturated rings. The summed E-state index contributed by atoms with van der Waals surface area (Å²) in [5.41, 5.74) is 3.24. The van der Waals surface area contributed by atoms with Crippen molar-refractivity contribution in [2.45, 2.75) is 0 Å². The first-order valence-electron chi connectivity index (χ1n) is 6.48. The molecule has 22 heavy (non-hydrogen) atoms. The van der Waals surface area contributed by atoms with Gasteiger partial charge in [-0.25, -0.2) is 5.43 Å². The lowest BCUT2D eigenvalue weighted by atomic mass is 10.2. The van der Waals surface area contributed by atoms with Crippen molar-refractivity contribution in [2.75, 3.05) is 14.2 Å². The summed E-state index contributed by atoms with van der Waals surface area (Å²) >= 11 is 0. The fraction of sp³-hybridized carbons (Fsp3) is 0.125. The molecule has 2 aromatic rings. The Bertz CT molecular complexity index is 676. The number of aromatic hydroxyl groups is 1. The van der Waals surface area contributed by atoms with Crippen molar-refractivity contribution in [3.8, 4) is 17.2 Å². The predicted octanol–water partition coefficient (Wildman–Crippen LogP) is 2.17. The Kier molecular flexibility index (Phi) is 4.98. The third-order valence-corrected chi connectivity index (χ3v) is 2.92. The van der Waals surface area contributed by atoms with Gasteiger partial charge in [-0.05, 0) is 24.3 Å². The van der Waals surface area contributed by atoms with Crippen LogP contribution in [0.1, 0.15) is 15.9 Å². The summed E-state index contributed by atoms with van der Waals surface area (Å²) in [7, 11) is 3.01. The molecule has 0 unspecified atom stereocenters. The van der Waals surface area contributed by atoms with Crippen molar-refractivity contribution >= 4 is 12.1 Å². The molecule has 0 saturated heterocycles. The second kappa shape index (κ2) is 7.12. The molecular weight excluding hydrogens is 284 g/mol. The van der Waals surface area contributed by atoms with Crippen LogP contribution < -0.4 is 14.9 Å². The fourth-order valence-corrected chi connectivity index (χ4v) is 1.76. The molecule has 2 rings (SSSR count). The first-order chi connectivity index (χ1) is 10.6. The summed E-state index contributed by atoms with van der Waals surface area (Å²) in [5.74, 6) is 0.691. The summed E-state index contributed by atoms with van der Waals surface area (Å²) in [6, 6.07) is 11.5. The first-order valence-corrected chi connectivity index (χ1v) is 6.48. The van der Waals surface area contributed by atoms with Crippen LogP contribution in [-0.2, 0) is 0 Å². The van der Waals surface area contributed by atoms with Crippen LogP contribution in [0.15, 0.2) is 47.6 Å². The van der Waals surface area contributed by atoms with Crippen LogP contribution in [0, 0.1) is 0 Å². The van der Waals surface area contributed by atoms with E-state index >= 15 is 0 Å². The Morgan fingerprint density at radius 3 is 2.36 bits per heavy atom. The number of ether oxygens (including phenoxy) is 2. The Hall–Kier alpha value is -3.02. The highest BCUT2D eigenvalue weighted by Crippen LogP contribution is 2.22. The monoisotopic (exact) mass is 300 g/mol. The number of nitrogens with one attached hydrogen (secondary N) is 1. The third-order valence-electron chi connectivity index (χ3n) is 2.92. The van der Waals surface area contributed by atoms with Gasteiger partial charge in [-0.3, -0.25) is 4.79 Å². The molecule has 6 nitrogen and oxygen atoms in total. The van der Waals surface area contributed by atoms with E-state index in [0.717, 1.165) is 0 Å². The molecule has 2 N–H and O–H groups in total. The molecule has 114 valence electrons. The van der Waals surface area contributed by atoms with Crippen molar-refractivity contribution in [3.05, 3.63) is 53.6 Å². The topological polar surface area (TPSA) is 80.2 Å². The van der Waals surface area contributed by atoms with Gasteiger partial charge >= 0.3 is 0 Å². The molecule has 0 saturated carbocycles. The maximum absolute atomic E-state index is 12.1. The molecule has 0 heterocycles. The number of nitrogens with zero attached hydrogens (tertiary/aromatic N) is 1. The highest BCUT2D eigenvalue weighted by atomic mass is 16.5. The lowest BCUT2D eigenvalue weighted by Crippen LogP contribution is -2.17. The molecule has 1 amide bonds. The Balaban J connectivity index is 2.11. The molecule has 0 aromatic heterocycles. The number of hydrogen-bond donors (Lipinski definition) is 2. The fourth-order valence-electron chi connectivity index (χ4n) is 1.76. The van der Waals surface area contributed by atoms with Crippen molar-refractivity contribution in [2.24, 2.45) is 5.10 Å². The quantitative estimate of drug-likeness (QED) is 0.655. The summed E-state index contributed by atoms with van der Waals surface area (Å²) in [6.45, 7) is 0. The zero-order chi connectivity index (χ0) is 15.9. The molecule has 0 spiro atoms. The van der Waals surface area contributed by atoms with Crippen molar-refractivity contribution in [1.82, 2.24) is 5.43 Å². The highest BCUT2D eigenvalue weighted by Gasteiger charge is 2.09. The minimum Gasteiger partial charge on any atom is -0.507 e. The molecule has 6 heteroatoms. The zero-order valence-electron chi connectivity index (χ0n) is 12.2. The van der Waals surface area contributed by atoms with Crippen LogP contribution >= 0.6 is 0 Å². The molecule has 0 bridgehead atoms. The van der Waals surface area contributed by atoms with Gasteiger partial charge in [-0.2, -0.15) is 5.10 Å². The zero-order valence-corrected chi connectivity index (χ0v) is 12.2. The van der Waals surface area contributed by atoms with Gasteiger partial charge in [0.25, 0.3) is 5.91 Å². The second-order valence-corrected chi connectivity index (χ2v) is 4.36. The number of carbonyl (C=O) groups is 1. The van der Waals surface area contributed by atoms with Crippen LogP contribution in [-0.4, -0.2) is 31.4 Å². The van der Waals surface area contributed by atoms with E-state index in [1.54, 1.807) is 36.4 Å². The number of amides is 1. The van der Waals surface area contributed by atoms with E-state index in [4.69, 9.17) is 9.47 Å². The molecule has 0 aliphatic carbocycles. The Labute approximate surface area is 128 Å². The number of para-hydroxylation sites is 1. The van der Waals surface area contributed by atoms with E-state index in [-0.39, 0.29) is 5.75 Å². The van der Waals surface area contributed by atoms with Crippen LogP contribution in [0.25, 0.3) is 0 Å². The van der Waals surface area contributed by atoms with E-state index in [9.17, 15) is 9.90 Å². The average Bonchev–Trinajstić information content (AvgIpc) is 2.55. The second-order valence-electron chi connectivity index (χ2n) is 4.36. The van der Waals surface area contributed by atoms with Gasteiger partial charge in [-0.1, -0.05) is 12.1 Å². The smallest absolute Gasteiger partial charge is 0.271 e. The third kappa shape index (κ3) is 3.76. The number of hydrogen-bond acceptors (Lipinski definition) is 5. The van der Waals surface area contributed by atoms with Gasteiger partial charge in [0, 0.05) is 17.2 Å². The van der Waals surface area contributed by atoms with Crippen LogP contribution in [0.4, 0.5) is 0 Å². The predicted molar refractivity (Wildman–Crippen MR) is 82.7 cm³/mol. The largest absolute Gasteiger partial charge is 0.507 e. The lowest BCUT2D eigenvalue weighted by Gasteiger charge is -2.07. The van der Waals surface area contributed by atoms with Crippen LogP contribution in [0.5, 0.6) is 17.2 Å². The normalized spacial score (nSPS) is 10.5. The maximum Gasteiger partial charge on any atom is 0.271 e. The highest BCUT2D eigenvalue weighted by molar-refractivity contribution is 5.95. The maximum atomic E-state index is 12.1. The summed E-state index contributed by atoms with van der Waals surface area (Å²) < 4.78 is 10.2. The number of benzene rings is 2. The molecular formula is C16H16N2O4. The number of carbonyl (C=O) groups excluding carboxylic acids is 1. The van der Waals surface area contributed by atoms with E-state index in [1.807, 2.05) is 0 Å². The first kappa shape index (κ1) is 15.4.